The molecule has 0 fully saturated rings. The Morgan fingerprint density at radius 3 is 2.18 bits per heavy atom. The number of amides is 1. The molecule has 0 spiro atoms. The minimum atomic E-state index is -0.565. The standard InChI is InChI=1S/C18H20N2O2/c1-18(2,3)22-17(21)20-19-13-14-9-11-16(12-10-14)15-7-5-4-6-8-15/h4-13H,1-3H3,(H,20,21)/b19-13-. The first kappa shape index (κ1) is 15.8. The molecule has 2 aromatic carbocycles. The molecule has 0 saturated carbocycles. The molecule has 22 heavy (non-hydrogen) atoms. The van der Waals surface area contributed by atoms with Crippen molar-refractivity contribution in [2.45, 2.75) is 26.4 Å². The number of benzene rings is 2. The Bertz CT molecular complexity index is 641. The molecule has 2 rings (SSSR count). The summed E-state index contributed by atoms with van der Waals surface area (Å²) in [5.41, 5.74) is 5.01. The van der Waals surface area contributed by atoms with E-state index in [-0.39, 0.29) is 0 Å². The molecule has 4 heteroatoms. The third-order valence-electron chi connectivity index (χ3n) is 2.79. The number of ether oxygens (including phenoxy) is 1. The summed E-state index contributed by atoms with van der Waals surface area (Å²) in [6, 6.07) is 18.1. The van der Waals surface area contributed by atoms with Gasteiger partial charge in [0.05, 0.1) is 6.21 Å². The molecule has 0 bridgehead atoms. The Kier molecular flexibility index (Phi) is 4.94. The van der Waals surface area contributed by atoms with Gasteiger partial charge in [-0.2, -0.15) is 5.10 Å². The monoisotopic (exact) mass is 296 g/mol. The van der Waals surface area contributed by atoms with Gasteiger partial charge in [0.15, 0.2) is 0 Å². The lowest BCUT2D eigenvalue weighted by Gasteiger charge is -2.18. The summed E-state index contributed by atoms with van der Waals surface area (Å²) in [5, 5.41) is 3.88. The Balaban J connectivity index is 1.94. The van der Waals surface area contributed by atoms with Crippen LogP contribution in [0.1, 0.15) is 26.3 Å². The van der Waals surface area contributed by atoms with E-state index in [4.69, 9.17) is 4.74 Å². The Hall–Kier alpha value is -2.62. The van der Waals surface area contributed by atoms with Crippen LogP contribution in [0.15, 0.2) is 59.7 Å². The average Bonchev–Trinajstić information content (AvgIpc) is 2.47. The molecule has 0 atom stereocenters. The first-order valence-electron chi connectivity index (χ1n) is 7.11. The van der Waals surface area contributed by atoms with Gasteiger partial charge in [-0.3, -0.25) is 0 Å². The van der Waals surface area contributed by atoms with Crippen LogP contribution in [0.25, 0.3) is 11.1 Å². The zero-order chi connectivity index (χ0) is 16.0. The van der Waals surface area contributed by atoms with E-state index < -0.39 is 11.7 Å². The van der Waals surface area contributed by atoms with E-state index in [0.29, 0.717) is 0 Å². The highest BCUT2D eigenvalue weighted by Gasteiger charge is 2.15. The molecule has 0 unspecified atom stereocenters. The molecule has 2 aromatic rings. The van der Waals surface area contributed by atoms with Crippen LogP contribution in [0.2, 0.25) is 0 Å². The fraction of sp³-hybridized carbons (Fsp3) is 0.222. The molecule has 0 aliphatic heterocycles. The summed E-state index contributed by atoms with van der Waals surface area (Å²) >= 11 is 0. The van der Waals surface area contributed by atoms with E-state index >= 15 is 0 Å². The van der Waals surface area contributed by atoms with E-state index in [1.165, 1.54) is 0 Å². The second kappa shape index (κ2) is 6.89. The molecule has 0 aliphatic rings. The summed E-state index contributed by atoms with van der Waals surface area (Å²) in [6.45, 7) is 5.41. The van der Waals surface area contributed by atoms with Crippen molar-refractivity contribution in [3.63, 3.8) is 0 Å². The molecule has 4 nitrogen and oxygen atoms in total. The number of nitrogens with zero attached hydrogens (tertiary/aromatic N) is 1. The highest BCUT2D eigenvalue weighted by Crippen LogP contribution is 2.18. The van der Waals surface area contributed by atoms with E-state index in [9.17, 15) is 4.79 Å². The van der Waals surface area contributed by atoms with Gasteiger partial charge in [0.1, 0.15) is 5.60 Å². The van der Waals surface area contributed by atoms with Crippen molar-refractivity contribution in [3.05, 3.63) is 60.2 Å². The average molecular weight is 296 g/mol. The molecule has 0 saturated heterocycles. The normalized spacial score (nSPS) is 11.4. The maximum Gasteiger partial charge on any atom is 0.428 e. The molecule has 0 aromatic heterocycles. The van der Waals surface area contributed by atoms with Crippen LogP contribution < -0.4 is 5.43 Å². The maximum atomic E-state index is 11.4. The molecule has 114 valence electrons. The van der Waals surface area contributed by atoms with Gasteiger partial charge in [0.25, 0.3) is 0 Å². The van der Waals surface area contributed by atoms with Crippen LogP contribution in [0, 0.1) is 0 Å². The van der Waals surface area contributed by atoms with Gasteiger partial charge in [-0.15, -0.1) is 0 Å². The topological polar surface area (TPSA) is 50.7 Å². The van der Waals surface area contributed by atoms with Gasteiger partial charge >= 0.3 is 6.09 Å². The fourth-order valence-electron chi connectivity index (χ4n) is 1.85. The molecule has 0 aliphatic carbocycles. The second-order valence-electron chi connectivity index (χ2n) is 5.86. The number of hydrazone groups is 1. The second-order valence-corrected chi connectivity index (χ2v) is 5.86. The van der Waals surface area contributed by atoms with Gasteiger partial charge in [-0.25, -0.2) is 10.2 Å². The van der Waals surface area contributed by atoms with E-state index in [1.807, 2.05) is 42.5 Å². The van der Waals surface area contributed by atoms with E-state index in [0.717, 1.165) is 16.7 Å². The largest absolute Gasteiger partial charge is 0.443 e. The van der Waals surface area contributed by atoms with Crippen molar-refractivity contribution in [1.82, 2.24) is 5.43 Å². The van der Waals surface area contributed by atoms with Crippen LogP contribution in [-0.4, -0.2) is 17.9 Å². The Morgan fingerprint density at radius 2 is 1.59 bits per heavy atom. The number of carbonyl (C=O) groups is 1. The first-order valence-corrected chi connectivity index (χ1v) is 7.11. The van der Waals surface area contributed by atoms with Crippen LogP contribution in [0.3, 0.4) is 0 Å². The summed E-state index contributed by atoms with van der Waals surface area (Å²) in [7, 11) is 0. The SMILES string of the molecule is CC(C)(C)OC(=O)N/N=C\c1ccc(-c2ccccc2)cc1. The number of rotatable bonds is 3. The number of carbonyl (C=O) groups excluding carboxylic acids is 1. The third kappa shape index (κ3) is 5.05. The molecule has 1 amide bonds. The lowest BCUT2D eigenvalue weighted by molar-refractivity contribution is 0.0529. The van der Waals surface area contributed by atoms with Crippen LogP contribution >= 0.6 is 0 Å². The van der Waals surface area contributed by atoms with E-state index in [1.54, 1.807) is 27.0 Å². The summed E-state index contributed by atoms with van der Waals surface area (Å²) in [4.78, 5) is 11.4. The summed E-state index contributed by atoms with van der Waals surface area (Å²) < 4.78 is 5.09. The van der Waals surface area contributed by atoms with Gasteiger partial charge in [0.2, 0.25) is 0 Å². The Labute approximate surface area is 130 Å². The minimum absolute atomic E-state index is 0.531. The van der Waals surface area contributed by atoms with Crippen molar-refractivity contribution in [2.75, 3.05) is 0 Å². The fourth-order valence-corrected chi connectivity index (χ4v) is 1.85. The zero-order valence-corrected chi connectivity index (χ0v) is 13.0. The minimum Gasteiger partial charge on any atom is -0.443 e. The highest BCUT2D eigenvalue weighted by molar-refractivity contribution is 5.82. The summed E-state index contributed by atoms with van der Waals surface area (Å²) in [6.07, 6.45) is 1.02. The van der Waals surface area contributed by atoms with Crippen LogP contribution in [0.5, 0.6) is 0 Å². The zero-order valence-electron chi connectivity index (χ0n) is 13.0. The first-order chi connectivity index (χ1) is 10.4. The van der Waals surface area contributed by atoms with Crippen molar-refractivity contribution >= 4 is 12.3 Å². The molecule has 1 N–H and O–H groups in total. The number of nitrogens with one attached hydrogen (secondary N) is 1. The van der Waals surface area contributed by atoms with Gasteiger partial charge in [0, 0.05) is 0 Å². The lowest BCUT2D eigenvalue weighted by atomic mass is 10.0. The summed E-state index contributed by atoms with van der Waals surface area (Å²) in [5.74, 6) is 0. The van der Waals surface area contributed by atoms with Gasteiger partial charge in [-0.05, 0) is 37.5 Å². The smallest absolute Gasteiger partial charge is 0.428 e. The van der Waals surface area contributed by atoms with Crippen molar-refractivity contribution in [1.29, 1.82) is 0 Å². The van der Waals surface area contributed by atoms with Crippen molar-refractivity contribution in [2.24, 2.45) is 5.10 Å². The van der Waals surface area contributed by atoms with Crippen molar-refractivity contribution in [3.8, 4) is 11.1 Å². The lowest BCUT2D eigenvalue weighted by Crippen LogP contribution is -2.29. The predicted molar refractivity (Wildman–Crippen MR) is 88.8 cm³/mol. The maximum absolute atomic E-state index is 11.4. The highest BCUT2D eigenvalue weighted by atomic mass is 16.6. The predicted octanol–water partition coefficient (Wildman–Crippen LogP) is 4.21. The van der Waals surface area contributed by atoms with Gasteiger partial charge < -0.3 is 4.74 Å². The Morgan fingerprint density at radius 1 is 1.00 bits per heavy atom. The third-order valence-corrected chi connectivity index (χ3v) is 2.79. The molecule has 0 heterocycles. The molecular formula is C18H20N2O2. The number of hydrogen-bond donors (Lipinski definition) is 1. The van der Waals surface area contributed by atoms with Gasteiger partial charge in [-0.1, -0.05) is 54.6 Å². The molecule has 0 radical (unpaired) electrons. The van der Waals surface area contributed by atoms with Crippen molar-refractivity contribution < 1.29 is 9.53 Å². The van der Waals surface area contributed by atoms with Crippen LogP contribution in [0.4, 0.5) is 4.79 Å². The quantitative estimate of drug-likeness (QED) is 0.681. The molecular weight excluding hydrogens is 276 g/mol. The van der Waals surface area contributed by atoms with E-state index in [2.05, 4.69) is 22.7 Å². The number of hydrogen-bond acceptors (Lipinski definition) is 3. The van der Waals surface area contributed by atoms with Crippen LogP contribution in [-0.2, 0) is 4.74 Å².